The van der Waals surface area contributed by atoms with Crippen molar-refractivity contribution in [2.45, 2.75) is 25.6 Å². The molecule has 3 amide bonds. The van der Waals surface area contributed by atoms with Gasteiger partial charge in [0.15, 0.2) is 0 Å². The molecule has 0 spiro atoms. The zero-order valence-corrected chi connectivity index (χ0v) is 16.6. The molecule has 0 radical (unpaired) electrons. The van der Waals surface area contributed by atoms with Gasteiger partial charge in [0, 0.05) is 18.2 Å². The first kappa shape index (κ1) is 22.1. The van der Waals surface area contributed by atoms with E-state index >= 15 is 0 Å². The lowest BCUT2D eigenvalue weighted by atomic mass is 10.1. The highest BCUT2D eigenvalue weighted by atomic mass is 19.4. The Labute approximate surface area is 176 Å². The van der Waals surface area contributed by atoms with Gasteiger partial charge in [-0.25, -0.2) is 0 Å². The minimum Gasteiger partial charge on any atom is -0.375 e. The number of hydrogen-bond donors (Lipinski definition) is 3. The molecule has 0 aliphatic carbocycles. The number of alkyl halides is 3. The van der Waals surface area contributed by atoms with Crippen LogP contribution in [0, 0.1) is 0 Å². The van der Waals surface area contributed by atoms with Crippen LogP contribution >= 0.6 is 0 Å². The standard InChI is InChI=1S/C21H21F3N4O3/c1-13-10-18(29)27-16-8-4-5-9-17(16)28(13)19(30)11-25-15-7-3-2-6-14(15)20(31)26-12-21(22,23)24/h2-9,13,25H,10-12H2,1H3,(H,26,31)(H,27,29)/t13-/m0/s1. The summed E-state index contributed by atoms with van der Waals surface area (Å²) in [7, 11) is 0. The van der Waals surface area contributed by atoms with Gasteiger partial charge in [-0.3, -0.25) is 14.4 Å². The fourth-order valence-electron chi connectivity index (χ4n) is 3.33. The van der Waals surface area contributed by atoms with Gasteiger partial charge in [-0.15, -0.1) is 0 Å². The molecular formula is C21H21F3N4O3. The van der Waals surface area contributed by atoms with E-state index in [2.05, 4.69) is 10.6 Å². The average Bonchev–Trinajstić information content (AvgIpc) is 2.84. The Morgan fingerprint density at radius 2 is 1.81 bits per heavy atom. The summed E-state index contributed by atoms with van der Waals surface area (Å²) < 4.78 is 37.2. The molecule has 0 bridgehead atoms. The van der Waals surface area contributed by atoms with Crippen molar-refractivity contribution in [3.63, 3.8) is 0 Å². The number of hydrogen-bond acceptors (Lipinski definition) is 4. The second-order valence-electron chi connectivity index (χ2n) is 7.08. The van der Waals surface area contributed by atoms with Gasteiger partial charge in [-0.1, -0.05) is 24.3 Å². The third-order valence-corrected chi connectivity index (χ3v) is 4.68. The summed E-state index contributed by atoms with van der Waals surface area (Å²) in [5, 5.41) is 7.41. The van der Waals surface area contributed by atoms with Gasteiger partial charge in [-0.2, -0.15) is 13.2 Å². The van der Waals surface area contributed by atoms with E-state index in [9.17, 15) is 27.6 Å². The Morgan fingerprint density at radius 1 is 1.13 bits per heavy atom. The zero-order valence-electron chi connectivity index (χ0n) is 16.6. The van der Waals surface area contributed by atoms with E-state index in [1.165, 1.54) is 23.1 Å². The Kier molecular flexibility index (Phi) is 6.47. The zero-order chi connectivity index (χ0) is 22.6. The van der Waals surface area contributed by atoms with Crippen molar-refractivity contribution in [3.8, 4) is 0 Å². The molecule has 2 aromatic carbocycles. The number of amides is 3. The number of nitrogens with zero attached hydrogens (tertiary/aromatic N) is 1. The Hall–Kier alpha value is -3.56. The number of halogens is 3. The van der Waals surface area contributed by atoms with E-state index in [1.54, 1.807) is 37.3 Å². The van der Waals surface area contributed by atoms with Gasteiger partial charge in [0.2, 0.25) is 11.8 Å². The van der Waals surface area contributed by atoms with Crippen LogP contribution < -0.4 is 20.9 Å². The van der Waals surface area contributed by atoms with E-state index in [4.69, 9.17) is 0 Å². The van der Waals surface area contributed by atoms with Crippen molar-refractivity contribution < 1.29 is 27.6 Å². The summed E-state index contributed by atoms with van der Waals surface area (Å²) in [5.74, 6) is -1.48. The average molecular weight is 434 g/mol. The molecule has 7 nitrogen and oxygen atoms in total. The number of rotatable bonds is 5. The van der Waals surface area contributed by atoms with Crippen LogP contribution in [0.4, 0.5) is 30.2 Å². The third kappa shape index (κ3) is 5.53. The first-order valence-corrected chi connectivity index (χ1v) is 9.54. The van der Waals surface area contributed by atoms with Gasteiger partial charge in [0.1, 0.15) is 6.54 Å². The van der Waals surface area contributed by atoms with Crippen LogP contribution in [0.15, 0.2) is 48.5 Å². The molecule has 31 heavy (non-hydrogen) atoms. The molecule has 0 unspecified atom stereocenters. The Bertz CT molecular complexity index is 994. The molecule has 1 aliphatic heterocycles. The highest BCUT2D eigenvalue weighted by Gasteiger charge is 2.30. The monoisotopic (exact) mass is 434 g/mol. The molecule has 1 aliphatic rings. The maximum Gasteiger partial charge on any atom is 0.405 e. The largest absolute Gasteiger partial charge is 0.405 e. The molecule has 164 valence electrons. The van der Waals surface area contributed by atoms with Crippen LogP contribution in [-0.4, -0.2) is 43.0 Å². The smallest absolute Gasteiger partial charge is 0.375 e. The number of benzene rings is 2. The Morgan fingerprint density at radius 3 is 2.55 bits per heavy atom. The van der Waals surface area contributed by atoms with Crippen molar-refractivity contribution >= 4 is 34.8 Å². The third-order valence-electron chi connectivity index (χ3n) is 4.68. The van der Waals surface area contributed by atoms with Crippen molar-refractivity contribution in [3.05, 3.63) is 54.1 Å². The predicted molar refractivity (Wildman–Crippen MR) is 110 cm³/mol. The van der Waals surface area contributed by atoms with Gasteiger partial charge in [-0.05, 0) is 31.2 Å². The van der Waals surface area contributed by atoms with E-state index in [-0.39, 0.29) is 36.0 Å². The first-order chi connectivity index (χ1) is 14.7. The molecule has 1 heterocycles. The number of carbonyl (C=O) groups excluding carboxylic acids is 3. The van der Waals surface area contributed by atoms with E-state index in [0.717, 1.165) is 0 Å². The van der Waals surface area contributed by atoms with Crippen molar-refractivity contribution in [1.82, 2.24) is 5.32 Å². The maximum absolute atomic E-state index is 13.0. The normalized spacial score (nSPS) is 16.1. The summed E-state index contributed by atoms with van der Waals surface area (Å²) in [5.41, 5.74) is 1.27. The summed E-state index contributed by atoms with van der Waals surface area (Å²) in [4.78, 5) is 38.7. The second-order valence-corrected chi connectivity index (χ2v) is 7.08. The lowest BCUT2D eigenvalue weighted by Gasteiger charge is -2.28. The molecule has 3 N–H and O–H groups in total. The molecule has 0 saturated heterocycles. The van der Waals surface area contributed by atoms with Crippen molar-refractivity contribution in [1.29, 1.82) is 0 Å². The molecule has 3 rings (SSSR count). The molecular weight excluding hydrogens is 413 g/mol. The van der Waals surface area contributed by atoms with Crippen molar-refractivity contribution in [2.24, 2.45) is 0 Å². The van der Waals surface area contributed by atoms with Crippen molar-refractivity contribution in [2.75, 3.05) is 28.6 Å². The highest BCUT2D eigenvalue weighted by molar-refractivity contribution is 6.06. The van der Waals surface area contributed by atoms with E-state index in [1.807, 2.05) is 5.32 Å². The predicted octanol–water partition coefficient (Wildman–Crippen LogP) is 3.15. The van der Waals surface area contributed by atoms with Gasteiger partial charge in [0.05, 0.1) is 23.5 Å². The van der Waals surface area contributed by atoms with Crippen LogP contribution in [-0.2, 0) is 9.59 Å². The quantitative estimate of drug-likeness (QED) is 0.675. The van der Waals surface area contributed by atoms with E-state index in [0.29, 0.717) is 11.4 Å². The SMILES string of the molecule is C[C@H]1CC(=O)Nc2ccccc2N1C(=O)CNc1ccccc1C(=O)NCC(F)(F)F. The lowest BCUT2D eigenvalue weighted by molar-refractivity contribution is -0.123. The first-order valence-electron chi connectivity index (χ1n) is 9.54. The number of anilines is 3. The van der Waals surface area contributed by atoms with Crippen LogP contribution in [0.25, 0.3) is 0 Å². The maximum atomic E-state index is 13.0. The highest BCUT2D eigenvalue weighted by Crippen LogP contribution is 2.31. The molecule has 0 fully saturated rings. The number of fused-ring (bicyclic) bond motifs is 1. The number of para-hydroxylation sites is 3. The summed E-state index contributed by atoms with van der Waals surface area (Å²) in [6.07, 6.45) is -4.42. The van der Waals surface area contributed by atoms with Gasteiger partial charge < -0.3 is 20.9 Å². The molecule has 0 aromatic heterocycles. The van der Waals surface area contributed by atoms with Crippen LogP contribution in [0.3, 0.4) is 0 Å². The minimum atomic E-state index is -4.53. The van der Waals surface area contributed by atoms with Crippen LogP contribution in [0.5, 0.6) is 0 Å². The lowest BCUT2D eigenvalue weighted by Crippen LogP contribution is -2.42. The summed E-state index contributed by atoms with van der Waals surface area (Å²) in [6.45, 7) is 0.0662. The Balaban J connectivity index is 1.75. The molecule has 2 aromatic rings. The second kappa shape index (κ2) is 9.07. The van der Waals surface area contributed by atoms with E-state index < -0.39 is 24.7 Å². The minimum absolute atomic E-state index is 0.0132. The fourth-order valence-corrected chi connectivity index (χ4v) is 3.33. The molecule has 1 atom stereocenters. The summed E-state index contributed by atoms with van der Waals surface area (Å²) >= 11 is 0. The van der Waals surface area contributed by atoms with Gasteiger partial charge >= 0.3 is 6.18 Å². The molecule has 0 saturated carbocycles. The van der Waals surface area contributed by atoms with Crippen LogP contribution in [0.1, 0.15) is 23.7 Å². The number of carbonyl (C=O) groups is 3. The van der Waals surface area contributed by atoms with Gasteiger partial charge in [0.25, 0.3) is 5.91 Å². The number of nitrogens with one attached hydrogen (secondary N) is 3. The molecule has 10 heteroatoms. The topological polar surface area (TPSA) is 90.5 Å². The van der Waals surface area contributed by atoms with Crippen LogP contribution in [0.2, 0.25) is 0 Å². The fraction of sp³-hybridized carbons (Fsp3) is 0.286. The summed E-state index contributed by atoms with van der Waals surface area (Å²) in [6, 6.07) is 12.5.